The summed E-state index contributed by atoms with van der Waals surface area (Å²) < 4.78 is 8.03. The van der Waals surface area contributed by atoms with Crippen LogP contribution in [0.3, 0.4) is 0 Å². The summed E-state index contributed by atoms with van der Waals surface area (Å²) >= 11 is 5.80. The van der Waals surface area contributed by atoms with Crippen molar-refractivity contribution in [3.05, 3.63) is 95.0 Å². The quantitative estimate of drug-likeness (QED) is 0.227. The number of hydrogen-bond donors (Lipinski definition) is 1. The van der Waals surface area contributed by atoms with Crippen LogP contribution in [-0.4, -0.2) is 34.1 Å². The monoisotopic (exact) mass is 710 g/mol. The zero-order chi connectivity index (χ0) is 25.1. The molecule has 1 fully saturated rings. The topological polar surface area (TPSA) is 79.2 Å². The number of benzene rings is 3. The van der Waals surface area contributed by atoms with Gasteiger partial charge in [0.15, 0.2) is 5.17 Å². The second-order valence-corrected chi connectivity index (χ2v) is 11.1. The first-order valence-electron chi connectivity index (χ1n) is 10.5. The molecule has 1 amide bonds. The molecule has 3 aromatic rings. The van der Waals surface area contributed by atoms with Gasteiger partial charge >= 0.3 is 5.97 Å². The lowest BCUT2D eigenvalue weighted by atomic mass is 10.1. The number of carbonyl (C=O) groups is 2. The zero-order valence-corrected chi connectivity index (χ0v) is 23.9. The molecule has 1 heterocycles. The van der Waals surface area contributed by atoms with Crippen LogP contribution in [-0.2, 0) is 11.4 Å². The fourth-order valence-corrected chi connectivity index (χ4v) is 6.46. The lowest BCUT2D eigenvalue weighted by Gasteiger charge is -2.12. The average Bonchev–Trinajstić information content (AvgIpc) is 3.06. The van der Waals surface area contributed by atoms with E-state index in [-0.39, 0.29) is 11.5 Å². The van der Waals surface area contributed by atoms with E-state index in [2.05, 4.69) is 69.2 Å². The molecular formula is C26H20I2N2O4S. The molecule has 178 valence electrons. The molecule has 1 aliphatic rings. The van der Waals surface area contributed by atoms with Crippen molar-refractivity contribution in [2.24, 2.45) is 4.99 Å². The smallest absolute Gasteiger partial charge is 0.335 e. The molecule has 35 heavy (non-hydrogen) atoms. The van der Waals surface area contributed by atoms with Crippen molar-refractivity contribution in [3.63, 3.8) is 0 Å². The minimum absolute atomic E-state index is 0.138. The van der Waals surface area contributed by atoms with Crippen LogP contribution in [0.15, 0.2) is 70.6 Å². The van der Waals surface area contributed by atoms with Crippen LogP contribution >= 0.6 is 56.9 Å². The van der Waals surface area contributed by atoms with E-state index < -0.39 is 5.97 Å². The van der Waals surface area contributed by atoms with Gasteiger partial charge in [-0.1, -0.05) is 29.8 Å². The number of nitrogens with zero attached hydrogens (tertiary/aromatic N) is 2. The van der Waals surface area contributed by atoms with Gasteiger partial charge in [0.05, 0.1) is 23.3 Å². The van der Waals surface area contributed by atoms with Crippen LogP contribution in [0.1, 0.15) is 27.0 Å². The summed E-state index contributed by atoms with van der Waals surface area (Å²) in [4.78, 5) is 30.4. The summed E-state index contributed by atoms with van der Waals surface area (Å²) in [5, 5.41) is 9.58. The molecule has 0 atom stereocenters. The highest BCUT2D eigenvalue weighted by Crippen LogP contribution is 2.35. The summed E-state index contributed by atoms with van der Waals surface area (Å²) in [7, 11) is 1.68. The molecular weight excluding hydrogens is 690 g/mol. The van der Waals surface area contributed by atoms with Gasteiger partial charge in [0.1, 0.15) is 12.4 Å². The first-order valence-corrected chi connectivity index (χ1v) is 13.5. The van der Waals surface area contributed by atoms with Crippen molar-refractivity contribution in [1.82, 2.24) is 4.90 Å². The minimum Gasteiger partial charge on any atom is -0.487 e. The normalized spacial score (nSPS) is 15.8. The van der Waals surface area contributed by atoms with E-state index in [4.69, 9.17) is 9.84 Å². The van der Waals surface area contributed by atoms with Crippen LogP contribution in [0.5, 0.6) is 5.75 Å². The van der Waals surface area contributed by atoms with E-state index in [1.54, 1.807) is 19.2 Å². The minimum atomic E-state index is -0.993. The average molecular weight is 710 g/mol. The molecule has 0 aliphatic carbocycles. The third-order valence-electron chi connectivity index (χ3n) is 5.13. The number of amides is 1. The van der Waals surface area contributed by atoms with Gasteiger partial charge in [-0.05, 0) is 117 Å². The molecule has 1 aliphatic heterocycles. The highest BCUT2D eigenvalue weighted by Gasteiger charge is 2.30. The van der Waals surface area contributed by atoms with E-state index in [9.17, 15) is 9.59 Å². The number of ether oxygens (including phenoxy) is 1. The number of carbonyl (C=O) groups excluding carboxylic acids is 1. The van der Waals surface area contributed by atoms with Gasteiger partial charge in [0.25, 0.3) is 5.91 Å². The van der Waals surface area contributed by atoms with Crippen molar-refractivity contribution >= 4 is 85.8 Å². The molecule has 0 unspecified atom stereocenters. The summed E-state index contributed by atoms with van der Waals surface area (Å²) in [6, 6.07) is 18.5. The molecule has 1 N–H and O–H groups in total. The summed E-state index contributed by atoms with van der Waals surface area (Å²) in [6.07, 6.45) is 1.86. The standard InChI is InChI=1S/C26H20I2N2O4S/c1-15-4-3-5-16(10-15)14-34-23-20(27)11-17(12-21(23)28)13-22-24(31)30(2)26(35-22)29-19-8-6-18(7-9-19)25(32)33/h3-13H,14H2,1-2H3,(H,32,33)/b22-13-,29-26?. The largest absolute Gasteiger partial charge is 0.487 e. The first-order chi connectivity index (χ1) is 16.7. The maximum absolute atomic E-state index is 12.8. The Hall–Kier alpha value is -2.38. The van der Waals surface area contributed by atoms with E-state index in [1.165, 1.54) is 34.4 Å². The van der Waals surface area contributed by atoms with Crippen molar-refractivity contribution in [3.8, 4) is 5.75 Å². The Morgan fingerprint density at radius 3 is 2.43 bits per heavy atom. The van der Waals surface area contributed by atoms with Gasteiger partial charge < -0.3 is 9.84 Å². The number of thioether (sulfide) groups is 1. The molecule has 0 aromatic heterocycles. The third-order valence-corrected chi connectivity index (χ3v) is 7.79. The molecule has 3 aromatic carbocycles. The fraction of sp³-hybridized carbons (Fsp3) is 0.115. The van der Waals surface area contributed by atoms with Gasteiger partial charge in [-0.15, -0.1) is 0 Å². The summed E-state index contributed by atoms with van der Waals surface area (Å²) in [5.41, 5.74) is 3.98. The Labute approximate surface area is 234 Å². The summed E-state index contributed by atoms with van der Waals surface area (Å²) in [5.74, 6) is -0.307. The Morgan fingerprint density at radius 2 is 1.80 bits per heavy atom. The van der Waals surface area contributed by atoms with E-state index >= 15 is 0 Å². The van der Waals surface area contributed by atoms with Crippen molar-refractivity contribution in [1.29, 1.82) is 0 Å². The van der Waals surface area contributed by atoms with Crippen LogP contribution in [0.4, 0.5) is 5.69 Å². The fourth-order valence-electron chi connectivity index (χ4n) is 3.35. The number of rotatable bonds is 6. The van der Waals surface area contributed by atoms with Gasteiger partial charge in [-0.25, -0.2) is 9.79 Å². The van der Waals surface area contributed by atoms with Crippen LogP contribution in [0.2, 0.25) is 0 Å². The second-order valence-electron chi connectivity index (χ2n) is 7.81. The lowest BCUT2D eigenvalue weighted by Crippen LogP contribution is -2.23. The molecule has 0 saturated carbocycles. The first kappa shape index (κ1) is 25.7. The maximum Gasteiger partial charge on any atom is 0.335 e. The third kappa shape index (κ3) is 6.25. The molecule has 0 radical (unpaired) electrons. The van der Waals surface area contributed by atoms with Crippen molar-refractivity contribution in [2.45, 2.75) is 13.5 Å². The number of carboxylic acids is 1. The Balaban J connectivity index is 1.52. The van der Waals surface area contributed by atoms with Crippen molar-refractivity contribution < 1.29 is 19.4 Å². The van der Waals surface area contributed by atoms with Gasteiger partial charge in [-0.3, -0.25) is 9.69 Å². The SMILES string of the molecule is Cc1cccc(COc2c(I)cc(/C=C3\SC(=Nc4ccc(C(=O)O)cc4)N(C)C3=O)cc2I)c1. The second kappa shape index (κ2) is 11.1. The van der Waals surface area contributed by atoms with E-state index in [1.807, 2.05) is 30.3 Å². The maximum atomic E-state index is 12.8. The molecule has 1 saturated heterocycles. The number of likely N-dealkylation sites (N-methyl/N-ethyl adjacent to an activating group) is 1. The number of aryl methyl sites for hydroxylation is 1. The molecule has 6 nitrogen and oxygen atoms in total. The number of hydrogen-bond acceptors (Lipinski definition) is 5. The highest BCUT2D eigenvalue weighted by atomic mass is 127. The lowest BCUT2D eigenvalue weighted by molar-refractivity contribution is -0.121. The zero-order valence-electron chi connectivity index (χ0n) is 18.8. The Kier molecular flexibility index (Phi) is 8.17. The van der Waals surface area contributed by atoms with Gasteiger partial charge in [0, 0.05) is 7.05 Å². The Bertz CT molecular complexity index is 1350. The number of aromatic carboxylic acids is 1. The predicted octanol–water partition coefficient (Wildman–Crippen LogP) is 6.72. The summed E-state index contributed by atoms with van der Waals surface area (Å²) in [6.45, 7) is 2.55. The number of aliphatic imine (C=N–C) groups is 1. The van der Waals surface area contributed by atoms with Gasteiger partial charge in [-0.2, -0.15) is 0 Å². The van der Waals surface area contributed by atoms with Crippen LogP contribution in [0.25, 0.3) is 6.08 Å². The predicted molar refractivity (Wildman–Crippen MR) is 156 cm³/mol. The molecule has 0 spiro atoms. The van der Waals surface area contributed by atoms with Gasteiger partial charge in [0.2, 0.25) is 0 Å². The number of carboxylic acid groups (broad SMARTS) is 1. The molecule has 4 rings (SSSR count). The molecule has 9 heteroatoms. The van der Waals surface area contributed by atoms with E-state index in [0.717, 1.165) is 24.0 Å². The van der Waals surface area contributed by atoms with E-state index in [0.29, 0.717) is 22.4 Å². The van der Waals surface area contributed by atoms with Crippen LogP contribution in [0, 0.1) is 14.1 Å². The number of halogens is 2. The number of amidine groups is 1. The molecule has 0 bridgehead atoms. The highest BCUT2D eigenvalue weighted by molar-refractivity contribution is 14.1. The van der Waals surface area contributed by atoms with Crippen LogP contribution < -0.4 is 4.74 Å². The Morgan fingerprint density at radius 1 is 1.11 bits per heavy atom. The van der Waals surface area contributed by atoms with Crippen molar-refractivity contribution in [2.75, 3.05) is 7.05 Å².